The number of hydrogen-bond acceptors (Lipinski definition) is 2. The van der Waals surface area contributed by atoms with Crippen molar-refractivity contribution >= 4 is 0 Å². The van der Waals surface area contributed by atoms with Gasteiger partial charge in [0.15, 0.2) is 0 Å². The van der Waals surface area contributed by atoms with Crippen LogP contribution in [0.1, 0.15) is 45.4 Å². The second kappa shape index (κ2) is 4.63. The zero-order valence-electron chi connectivity index (χ0n) is 9.46. The second-order valence-electron chi connectivity index (χ2n) is 5.09. The predicted molar refractivity (Wildman–Crippen MR) is 58.4 cm³/mol. The van der Waals surface area contributed by atoms with Crippen molar-refractivity contribution in [3.63, 3.8) is 0 Å². The summed E-state index contributed by atoms with van der Waals surface area (Å²) >= 11 is 0. The molecule has 2 rings (SSSR count). The lowest BCUT2D eigenvalue weighted by atomic mass is 10.1. The van der Waals surface area contributed by atoms with E-state index in [2.05, 4.69) is 12.2 Å². The van der Waals surface area contributed by atoms with Crippen LogP contribution >= 0.6 is 0 Å². The molecule has 2 fully saturated rings. The quantitative estimate of drug-likeness (QED) is 0.750. The summed E-state index contributed by atoms with van der Waals surface area (Å²) in [5, 5.41) is 3.78. The molecule has 0 aromatic rings. The number of nitrogens with one attached hydrogen (secondary N) is 1. The molecule has 1 N–H and O–H groups in total. The van der Waals surface area contributed by atoms with Crippen LogP contribution < -0.4 is 5.32 Å². The fourth-order valence-electron chi connectivity index (χ4n) is 3.06. The topological polar surface area (TPSA) is 21.3 Å². The fourth-order valence-corrected chi connectivity index (χ4v) is 3.06. The first-order valence-corrected chi connectivity index (χ1v) is 6.08. The van der Waals surface area contributed by atoms with Gasteiger partial charge in [0.1, 0.15) is 0 Å². The van der Waals surface area contributed by atoms with Crippen molar-refractivity contribution in [1.82, 2.24) is 5.32 Å². The van der Waals surface area contributed by atoms with Crippen LogP contribution in [0.25, 0.3) is 0 Å². The van der Waals surface area contributed by atoms with Crippen molar-refractivity contribution in [2.75, 3.05) is 7.11 Å². The highest BCUT2D eigenvalue weighted by molar-refractivity contribution is 4.89. The molecular formula is C12H23NO. The smallest absolute Gasteiger partial charge is 0.0724 e. The van der Waals surface area contributed by atoms with E-state index in [0.717, 1.165) is 12.0 Å². The van der Waals surface area contributed by atoms with Crippen LogP contribution in [0.4, 0.5) is 0 Å². The third kappa shape index (κ3) is 2.29. The zero-order valence-corrected chi connectivity index (χ0v) is 9.46. The summed E-state index contributed by atoms with van der Waals surface area (Å²) in [5.41, 5.74) is 0. The van der Waals surface area contributed by atoms with Crippen LogP contribution in [0.3, 0.4) is 0 Å². The van der Waals surface area contributed by atoms with Gasteiger partial charge in [-0.1, -0.05) is 6.92 Å². The molecule has 0 aromatic carbocycles. The Labute approximate surface area is 87.4 Å². The minimum absolute atomic E-state index is 0.478. The van der Waals surface area contributed by atoms with Crippen molar-refractivity contribution in [3.8, 4) is 0 Å². The van der Waals surface area contributed by atoms with E-state index in [1.807, 2.05) is 7.11 Å². The maximum atomic E-state index is 5.50. The Morgan fingerprint density at radius 3 is 2.64 bits per heavy atom. The summed E-state index contributed by atoms with van der Waals surface area (Å²) in [6.45, 7) is 2.37. The lowest BCUT2D eigenvalue weighted by Gasteiger charge is -2.23. The number of ether oxygens (including phenoxy) is 1. The lowest BCUT2D eigenvalue weighted by molar-refractivity contribution is 0.0813. The normalized spacial score (nSPS) is 43.3. The van der Waals surface area contributed by atoms with Crippen LogP contribution in [-0.2, 0) is 4.74 Å². The lowest BCUT2D eigenvalue weighted by Crippen LogP contribution is -2.42. The van der Waals surface area contributed by atoms with E-state index in [0.29, 0.717) is 12.1 Å². The highest BCUT2D eigenvalue weighted by Crippen LogP contribution is 2.28. The van der Waals surface area contributed by atoms with Crippen molar-refractivity contribution in [2.45, 2.75) is 63.6 Å². The van der Waals surface area contributed by atoms with Gasteiger partial charge in [-0.05, 0) is 44.4 Å². The first-order chi connectivity index (χ1) is 6.79. The standard InChI is InChI=1S/C12H23NO/c1-9-6-7-10(8-9)13-11-4-3-5-12(11)14-2/h9-13H,3-8H2,1-2H3/t9?,10?,11-,12-/m1/s1. The summed E-state index contributed by atoms with van der Waals surface area (Å²) in [7, 11) is 1.85. The summed E-state index contributed by atoms with van der Waals surface area (Å²) in [4.78, 5) is 0. The molecule has 0 aromatic heterocycles. The molecule has 2 heteroatoms. The molecule has 0 bridgehead atoms. The van der Waals surface area contributed by atoms with Gasteiger partial charge in [-0.25, -0.2) is 0 Å². The first-order valence-electron chi connectivity index (χ1n) is 6.08. The van der Waals surface area contributed by atoms with E-state index in [9.17, 15) is 0 Å². The molecular weight excluding hydrogens is 174 g/mol. The van der Waals surface area contributed by atoms with Crippen LogP contribution in [0.2, 0.25) is 0 Å². The maximum Gasteiger partial charge on any atom is 0.0724 e. The molecule has 2 saturated carbocycles. The third-order valence-electron chi connectivity index (χ3n) is 3.90. The van der Waals surface area contributed by atoms with Crippen LogP contribution in [0.15, 0.2) is 0 Å². The molecule has 2 unspecified atom stereocenters. The SMILES string of the molecule is CO[C@@H]1CCC[C@H]1NC1CCC(C)C1. The molecule has 2 aliphatic carbocycles. The minimum atomic E-state index is 0.478. The molecule has 0 aliphatic heterocycles. The molecule has 82 valence electrons. The van der Waals surface area contributed by atoms with Gasteiger partial charge in [-0.2, -0.15) is 0 Å². The minimum Gasteiger partial charge on any atom is -0.380 e. The van der Waals surface area contributed by atoms with E-state index < -0.39 is 0 Å². The summed E-state index contributed by atoms with van der Waals surface area (Å²) < 4.78 is 5.50. The van der Waals surface area contributed by atoms with Gasteiger partial charge < -0.3 is 10.1 Å². The Hall–Kier alpha value is -0.0800. The van der Waals surface area contributed by atoms with E-state index in [1.165, 1.54) is 38.5 Å². The van der Waals surface area contributed by atoms with Crippen molar-refractivity contribution in [1.29, 1.82) is 0 Å². The summed E-state index contributed by atoms with van der Waals surface area (Å²) in [6, 6.07) is 1.40. The average molecular weight is 197 g/mol. The molecule has 0 spiro atoms. The molecule has 0 amide bonds. The van der Waals surface area contributed by atoms with Gasteiger partial charge in [0.2, 0.25) is 0 Å². The Morgan fingerprint density at radius 1 is 1.14 bits per heavy atom. The first kappa shape index (κ1) is 10.4. The summed E-state index contributed by atoms with van der Waals surface area (Å²) in [5.74, 6) is 0.926. The molecule has 14 heavy (non-hydrogen) atoms. The predicted octanol–water partition coefficient (Wildman–Crippen LogP) is 2.33. The van der Waals surface area contributed by atoms with Crippen molar-refractivity contribution < 1.29 is 4.74 Å². The van der Waals surface area contributed by atoms with Crippen LogP contribution in [0, 0.1) is 5.92 Å². The molecule has 0 saturated heterocycles. The Bertz CT molecular complexity index is 183. The van der Waals surface area contributed by atoms with Crippen molar-refractivity contribution in [2.24, 2.45) is 5.92 Å². The van der Waals surface area contributed by atoms with Gasteiger partial charge >= 0.3 is 0 Å². The molecule has 0 radical (unpaired) electrons. The Kier molecular flexibility index (Phi) is 3.45. The highest BCUT2D eigenvalue weighted by Gasteiger charge is 2.30. The number of rotatable bonds is 3. The molecule has 2 aliphatic rings. The summed E-state index contributed by atoms with van der Waals surface area (Å²) in [6.07, 6.45) is 8.51. The second-order valence-corrected chi connectivity index (χ2v) is 5.09. The largest absolute Gasteiger partial charge is 0.380 e. The zero-order chi connectivity index (χ0) is 9.97. The van der Waals surface area contributed by atoms with E-state index >= 15 is 0 Å². The van der Waals surface area contributed by atoms with Gasteiger partial charge in [0.25, 0.3) is 0 Å². The fraction of sp³-hybridized carbons (Fsp3) is 1.00. The van der Waals surface area contributed by atoms with Gasteiger partial charge in [0, 0.05) is 19.2 Å². The van der Waals surface area contributed by atoms with Gasteiger partial charge in [-0.15, -0.1) is 0 Å². The van der Waals surface area contributed by atoms with Crippen LogP contribution in [0.5, 0.6) is 0 Å². The van der Waals surface area contributed by atoms with E-state index in [1.54, 1.807) is 0 Å². The van der Waals surface area contributed by atoms with Crippen LogP contribution in [-0.4, -0.2) is 25.3 Å². The van der Waals surface area contributed by atoms with Crippen molar-refractivity contribution in [3.05, 3.63) is 0 Å². The molecule has 2 nitrogen and oxygen atoms in total. The monoisotopic (exact) mass is 197 g/mol. The Balaban J connectivity index is 1.79. The van der Waals surface area contributed by atoms with Gasteiger partial charge in [0.05, 0.1) is 6.10 Å². The number of methoxy groups -OCH3 is 1. The maximum absolute atomic E-state index is 5.50. The Morgan fingerprint density at radius 2 is 2.00 bits per heavy atom. The average Bonchev–Trinajstić information content (AvgIpc) is 2.76. The number of hydrogen-bond donors (Lipinski definition) is 1. The van der Waals surface area contributed by atoms with E-state index in [4.69, 9.17) is 4.74 Å². The van der Waals surface area contributed by atoms with E-state index in [-0.39, 0.29) is 0 Å². The molecule has 4 atom stereocenters. The van der Waals surface area contributed by atoms with Gasteiger partial charge in [-0.3, -0.25) is 0 Å². The third-order valence-corrected chi connectivity index (χ3v) is 3.90. The highest BCUT2D eigenvalue weighted by atomic mass is 16.5. The molecule has 0 heterocycles.